The Hall–Kier alpha value is -2.41. The number of ketones is 1. The number of H-pyrrole nitrogens is 1. The van der Waals surface area contributed by atoms with Crippen LogP contribution in [-0.2, 0) is 7.05 Å². The van der Waals surface area contributed by atoms with Crippen LogP contribution in [-0.4, -0.2) is 26.1 Å². The number of nitrogens with zero attached hydrogens (tertiary/aromatic N) is 2. The van der Waals surface area contributed by atoms with Crippen molar-refractivity contribution in [3.63, 3.8) is 0 Å². The number of Topliss-reactive ketones (excluding diaryl/α,β-unsaturated/α-hetero) is 1. The number of thioether (sulfide) groups is 1. The van der Waals surface area contributed by atoms with Crippen LogP contribution in [0, 0.1) is 12.7 Å². The van der Waals surface area contributed by atoms with E-state index in [-0.39, 0.29) is 22.9 Å². The summed E-state index contributed by atoms with van der Waals surface area (Å²) in [5.74, 6) is -0.401. The van der Waals surface area contributed by atoms with E-state index in [0.29, 0.717) is 21.8 Å². The van der Waals surface area contributed by atoms with Gasteiger partial charge in [-0.05, 0) is 37.3 Å². The Balaban J connectivity index is 1.84. The number of fused-ring (bicyclic) bond motifs is 1. The number of carbonyl (C=O) groups excluding carboxylic acids is 1. The maximum Gasteiger partial charge on any atom is 0.278 e. The standard InChI is InChI=1S/C16H14FN3O2S/c1-9-7-12-14(18-9)15(22)20(2)16(19-12)23-8-13(21)10-3-5-11(17)6-4-10/h3-7,18H,8H2,1-2H3. The van der Waals surface area contributed by atoms with Gasteiger partial charge in [0.05, 0.1) is 11.3 Å². The van der Waals surface area contributed by atoms with Crippen LogP contribution < -0.4 is 5.56 Å². The Morgan fingerprint density at radius 2 is 2.04 bits per heavy atom. The molecule has 0 atom stereocenters. The minimum Gasteiger partial charge on any atom is -0.353 e. The van der Waals surface area contributed by atoms with Gasteiger partial charge in [-0.25, -0.2) is 9.37 Å². The number of aromatic nitrogens is 3. The van der Waals surface area contributed by atoms with Crippen molar-refractivity contribution in [2.24, 2.45) is 7.05 Å². The highest BCUT2D eigenvalue weighted by atomic mass is 32.2. The summed E-state index contributed by atoms with van der Waals surface area (Å²) >= 11 is 1.19. The zero-order valence-electron chi connectivity index (χ0n) is 12.6. The lowest BCUT2D eigenvalue weighted by Gasteiger charge is -2.06. The van der Waals surface area contributed by atoms with Gasteiger partial charge in [0.15, 0.2) is 10.9 Å². The van der Waals surface area contributed by atoms with Crippen LogP contribution in [0.4, 0.5) is 4.39 Å². The molecule has 2 heterocycles. The third-order valence-corrected chi connectivity index (χ3v) is 4.48. The molecule has 0 aliphatic carbocycles. The lowest BCUT2D eigenvalue weighted by molar-refractivity contribution is 0.102. The summed E-state index contributed by atoms with van der Waals surface area (Å²) in [5.41, 5.74) is 2.15. The Kier molecular flexibility index (Phi) is 4.04. The van der Waals surface area contributed by atoms with Crippen LogP contribution >= 0.6 is 11.8 Å². The van der Waals surface area contributed by atoms with E-state index in [0.717, 1.165) is 5.69 Å². The highest BCUT2D eigenvalue weighted by molar-refractivity contribution is 7.99. The molecule has 1 N–H and O–H groups in total. The lowest BCUT2D eigenvalue weighted by atomic mass is 10.1. The van der Waals surface area contributed by atoms with E-state index in [2.05, 4.69) is 9.97 Å². The monoisotopic (exact) mass is 331 g/mol. The van der Waals surface area contributed by atoms with Crippen molar-refractivity contribution in [1.29, 1.82) is 0 Å². The van der Waals surface area contributed by atoms with Crippen molar-refractivity contribution in [2.45, 2.75) is 12.1 Å². The first-order chi connectivity index (χ1) is 11.0. The molecule has 3 aromatic rings. The summed E-state index contributed by atoms with van der Waals surface area (Å²) in [6.45, 7) is 1.85. The number of hydrogen-bond acceptors (Lipinski definition) is 4. The van der Waals surface area contributed by atoms with Crippen molar-refractivity contribution in [2.75, 3.05) is 5.75 Å². The maximum atomic E-state index is 12.9. The zero-order valence-corrected chi connectivity index (χ0v) is 13.4. The van der Waals surface area contributed by atoms with E-state index in [1.54, 1.807) is 13.1 Å². The number of aryl methyl sites for hydroxylation is 1. The van der Waals surface area contributed by atoms with Crippen LogP contribution in [0.3, 0.4) is 0 Å². The van der Waals surface area contributed by atoms with E-state index in [1.165, 1.54) is 40.6 Å². The summed E-state index contributed by atoms with van der Waals surface area (Å²) in [6, 6.07) is 7.19. The predicted molar refractivity (Wildman–Crippen MR) is 87.5 cm³/mol. The number of nitrogens with one attached hydrogen (secondary N) is 1. The third-order valence-electron chi connectivity index (χ3n) is 3.45. The van der Waals surface area contributed by atoms with Gasteiger partial charge in [-0.15, -0.1) is 0 Å². The highest BCUT2D eigenvalue weighted by Gasteiger charge is 2.13. The fourth-order valence-electron chi connectivity index (χ4n) is 2.24. The minimum atomic E-state index is -0.383. The molecule has 0 aliphatic heterocycles. The average Bonchev–Trinajstić information content (AvgIpc) is 2.90. The summed E-state index contributed by atoms with van der Waals surface area (Å²) < 4.78 is 14.3. The van der Waals surface area contributed by atoms with Crippen molar-refractivity contribution < 1.29 is 9.18 Å². The average molecular weight is 331 g/mol. The molecule has 0 amide bonds. The summed E-state index contributed by atoms with van der Waals surface area (Å²) in [6.07, 6.45) is 0. The normalized spacial score (nSPS) is 11.1. The molecule has 0 fully saturated rings. The number of halogens is 1. The van der Waals surface area contributed by atoms with Gasteiger partial charge < -0.3 is 4.98 Å². The summed E-state index contributed by atoms with van der Waals surface area (Å²) in [5, 5.41) is 0.469. The van der Waals surface area contributed by atoms with Gasteiger partial charge in [-0.1, -0.05) is 11.8 Å². The largest absolute Gasteiger partial charge is 0.353 e. The van der Waals surface area contributed by atoms with Crippen molar-refractivity contribution >= 4 is 28.6 Å². The second-order valence-corrected chi connectivity index (χ2v) is 6.13. The van der Waals surface area contributed by atoms with Gasteiger partial charge in [0.1, 0.15) is 11.3 Å². The van der Waals surface area contributed by atoms with Crippen LogP contribution in [0.15, 0.2) is 40.3 Å². The molecule has 1 aromatic carbocycles. The van der Waals surface area contributed by atoms with Gasteiger partial charge in [0.2, 0.25) is 0 Å². The van der Waals surface area contributed by atoms with Crippen molar-refractivity contribution in [3.8, 4) is 0 Å². The molecular formula is C16H14FN3O2S. The summed E-state index contributed by atoms with van der Waals surface area (Å²) in [7, 11) is 1.62. The van der Waals surface area contributed by atoms with Crippen LogP contribution in [0.5, 0.6) is 0 Å². The van der Waals surface area contributed by atoms with E-state index >= 15 is 0 Å². The quantitative estimate of drug-likeness (QED) is 0.453. The van der Waals surface area contributed by atoms with Gasteiger partial charge in [-0.2, -0.15) is 0 Å². The van der Waals surface area contributed by atoms with Crippen LogP contribution in [0.25, 0.3) is 11.0 Å². The molecule has 23 heavy (non-hydrogen) atoms. The Bertz CT molecular complexity index is 944. The third kappa shape index (κ3) is 3.05. The summed E-state index contributed by atoms with van der Waals surface area (Å²) in [4.78, 5) is 31.8. The SMILES string of the molecule is Cc1cc2nc(SCC(=O)c3ccc(F)cc3)n(C)c(=O)c2[nH]1. The smallest absolute Gasteiger partial charge is 0.278 e. The van der Waals surface area contributed by atoms with E-state index < -0.39 is 0 Å². The molecule has 0 radical (unpaired) electrons. The van der Waals surface area contributed by atoms with Gasteiger partial charge in [-0.3, -0.25) is 14.2 Å². The molecule has 2 aromatic heterocycles. The second kappa shape index (κ2) is 6.00. The van der Waals surface area contributed by atoms with Crippen molar-refractivity contribution in [3.05, 3.63) is 57.8 Å². The Morgan fingerprint density at radius 1 is 1.35 bits per heavy atom. The van der Waals surface area contributed by atoms with Gasteiger partial charge in [0, 0.05) is 18.3 Å². The fraction of sp³-hybridized carbons (Fsp3) is 0.188. The molecule has 3 rings (SSSR count). The van der Waals surface area contributed by atoms with E-state index in [1.807, 2.05) is 6.92 Å². The predicted octanol–water partition coefficient (Wildman–Crippen LogP) is 2.68. The Morgan fingerprint density at radius 3 is 2.74 bits per heavy atom. The van der Waals surface area contributed by atoms with Crippen LogP contribution in [0.2, 0.25) is 0 Å². The molecule has 0 saturated heterocycles. The molecule has 0 aliphatic rings. The molecule has 5 nitrogen and oxygen atoms in total. The molecule has 0 unspecified atom stereocenters. The van der Waals surface area contributed by atoms with Gasteiger partial charge >= 0.3 is 0 Å². The maximum absolute atomic E-state index is 12.9. The zero-order chi connectivity index (χ0) is 16.6. The first-order valence-electron chi connectivity index (χ1n) is 6.93. The number of benzene rings is 1. The van der Waals surface area contributed by atoms with E-state index in [9.17, 15) is 14.0 Å². The molecule has 0 spiro atoms. The number of rotatable bonds is 4. The topological polar surface area (TPSA) is 67.8 Å². The number of hydrogen-bond donors (Lipinski definition) is 1. The second-order valence-electron chi connectivity index (χ2n) is 5.19. The van der Waals surface area contributed by atoms with E-state index in [4.69, 9.17) is 0 Å². The molecule has 0 saturated carbocycles. The Labute approximate surface area is 135 Å². The molecule has 7 heteroatoms. The number of carbonyl (C=O) groups is 1. The highest BCUT2D eigenvalue weighted by Crippen LogP contribution is 2.19. The molecule has 0 bridgehead atoms. The van der Waals surface area contributed by atoms with Crippen LogP contribution in [0.1, 0.15) is 16.1 Å². The fourth-order valence-corrected chi connectivity index (χ4v) is 3.10. The molecule has 118 valence electrons. The van der Waals surface area contributed by atoms with Crippen molar-refractivity contribution in [1.82, 2.24) is 14.5 Å². The minimum absolute atomic E-state index is 0.126. The first-order valence-corrected chi connectivity index (χ1v) is 7.92. The lowest BCUT2D eigenvalue weighted by Crippen LogP contribution is -2.20. The molecular weight excluding hydrogens is 317 g/mol. The first kappa shape index (κ1) is 15.5. The number of aromatic amines is 1. The van der Waals surface area contributed by atoms with Gasteiger partial charge in [0.25, 0.3) is 5.56 Å².